The van der Waals surface area contributed by atoms with Crippen LogP contribution in [0.1, 0.15) is 12.8 Å². The van der Waals surface area contributed by atoms with Crippen LogP contribution in [0, 0.1) is 5.92 Å². The maximum Gasteiger partial charge on any atom is 0.238 e. The van der Waals surface area contributed by atoms with E-state index in [0.717, 1.165) is 21.4 Å². The molecule has 1 fully saturated rings. The van der Waals surface area contributed by atoms with Crippen LogP contribution < -0.4 is 10.6 Å². The molecule has 0 aliphatic heterocycles. The van der Waals surface area contributed by atoms with Crippen molar-refractivity contribution in [3.8, 4) is 0 Å². The Morgan fingerprint density at radius 2 is 1.94 bits per heavy atom. The van der Waals surface area contributed by atoms with Gasteiger partial charge in [0.25, 0.3) is 0 Å². The molecule has 1 aromatic carbocycles. The minimum atomic E-state index is -0.0561. The van der Waals surface area contributed by atoms with Gasteiger partial charge in [-0.25, -0.2) is 0 Å². The lowest BCUT2D eigenvalue weighted by Crippen LogP contribution is -2.29. The molecule has 0 bridgehead atoms. The predicted molar refractivity (Wildman–Crippen MR) is 81.1 cm³/mol. The molecule has 0 atom stereocenters. The molecule has 3 nitrogen and oxygen atoms in total. The summed E-state index contributed by atoms with van der Waals surface area (Å²) in [5.41, 5.74) is 0.706. The van der Waals surface area contributed by atoms with Crippen molar-refractivity contribution in [3.63, 3.8) is 0 Å². The number of nitrogens with one attached hydrogen (secondary N) is 2. The molecule has 0 aromatic heterocycles. The number of halogens is 3. The molecule has 2 rings (SSSR count). The number of hydrogen-bond donors (Lipinski definition) is 2. The van der Waals surface area contributed by atoms with Crippen LogP contribution in [0.4, 0.5) is 5.69 Å². The second-order valence-corrected chi connectivity index (χ2v) is 6.51. The SMILES string of the molecule is O=C(CNCC1CC1)Nc1c(Br)cc(Cl)cc1Br. The topological polar surface area (TPSA) is 41.1 Å². The van der Waals surface area contributed by atoms with Gasteiger partial charge in [-0.05, 0) is 69.3 Å². The number of carbonyl (C=O) groups is 1. The second-order valence-electron chi connectivity index (χ2n) is 4.37. The van der Waals surface area contributed by atoms with E-state index in [-0.39, 0.29) is 5.91 Å². The Hall–Kier alpha value is -0.100. The van der Waals surface area contributed by atoms with Crippen LogP contribution in [0.2, 0.25) is 5.02 Å². The third-order valence-corrected chi connectivity index (χ3v) is 4.16. The fourth-order valence-electron chi connectivity index (χ4n) is 1.56. The number of benzene rings is 1. The highest BCUT2D eigenvalue weighted by molar-refractivity contribution is 9.11. The Balaban J connectivity index is 1.89. The lowest BCUT2D eigenvalue weighted by Gasteiger charge is -2.10. The van der Waals surface area contributed by atoms with Crippen LogP contribution in [0.5, 0.6) is 0 Å². The highest BCUT2D eigenvalue weighted by Gasteiger charge is 2.20. The summed E-state index contributed by atoms with van der Waals surface area (Å²) in [4.78, 5) is 11.8. The molecule has 1 saturated carbocycles. The largest absolute Gasteiger partial charge is 0.323 e. The van der Waals surface area contributed by atoms with Gasteiger partial charge in [-0.2, -0.15) is 0 Å². The van der Waals surface area contributed by atoms with Crippen molar-refractivity contribution in [1.29, 1.82) is 0 Å². The molecule has 1 amide bonds. The number of anilines is 1. The molecule has 1 aliphatic rings. The predicted octanol–water partition coefficient (Wildman–Crippen LogP) is 3.80. The number of hydrogen-bond acceptors (Lipinski definition) is 2. The van der Waals surface area contributed by atoms with E-state index in [1.54, 1.807) is 12.1 Å². The zero-order valence-corrected chi connectivity index (χ0v) is 13.5. The van der Waals surface area contributed by atoms with Gasteiger partial charge in [0.2, 0.25) is 5.91 Å². The molecule has 1 aliphatic carbocycles. The van der Waals surface area contributed by atoms with Crippen LogP contribution >= 0.6 is 43.5 Å². The Kier molecular flexibility index (Phi) is 5.06. The highest BCUT2D eigenvalue weighted by atomic mass is 79.9. The molecule has 98 valence electrons. The summed E-state index contributed by atoms with van der Waals surface area (Å²) in [6.07, 6.45) is 2.56. The fraction of sp³-hybridized carbons (Fsp3) is 0.417. The zero-order valence-electron chi connectivity index (χ0n) is 9.60. The average Bonchev–Trinajstić information content (AvgIpc) is 3.07. The molecule has 18 heavy (non-hydrogen) atoms. The molecule has 0 radical (unpaired) electrons. The van der Waals surface area contributed by atoms with E-state index in [1.165, 1.54) is 12.8 Å². The van der Waals surface area contributed by atoms with E-state index < -0.39 is 0 Å². The number of carbonyl (C=O) groups excluding carboxylic acids is 1. The molecule has 0 spiro atoms. The minimum Gasteiger partial charge on any atom is -0.323 e. The van der Waals surface area contributed by atoms with E-state index in [0.29, 0.717) is 17.3 Å². The van der Waals surface area contributed by atoms with Crippen molar-refractivity contribution in [2.24, 2.45) is 5.92 Å². The highest BCUT2D eigenvalue weighted by Crippen LogP contribution is 2.34. The van der Waals surface area contributed by atoms with Crippen LogP contribution in [0.3, 0.4) is 0 Å². The maximum absolute atomic E-state index is 11.8. The molecular formula is C12H13Br2ClN2O. The van der Waals surface area contributed by atoms with Gasteiger partial charge >= 0.3 is 0 Å². The first kappa shape index (κ1) is 14.3. The molecule has 0 heterocycles. The van der Waals surface area contributed by atoms with Crippen molar-refractivity contribution in [2.75, 3.05) is 18.4 Å². The van der Waals surface area contributed by atoms with Gasteiger partial charge in [-0.1, -0.05) is 11.6 Å². The lowest BCUT2D eigenvalue weighted by atomic mass is 10.3. The smallest absolute Gasteiger partial charge is 0.238 e. The van der Waals surface area contributed by atoms with Gasteiger partial charge in [0.05, 0.1) is 12.2 Å². The molecule has 0 unspecified atom stereocenters. The van der Waals surface area contributed by atoms with Crippen molar-refractivity contribution >= 4 is 55.1 Å². The molecule has 0 saturated heterocycles. The van der Waals surface area contributed by atoms with E-state index in [2.05, 4.69) is 42.5 Å². The van der Waals surface area contributed by atoms with Crippen molar-refractivity contribution in [1.82, 2.24) is 5.32 Å². The summed E-state index contributed by atoms with van der Waals surface area (Å²) >= 11 is 12.7. The van der Waals surface area contributed by atoms with Gasteiger partial charge in [0.15, 0.2) is 0 Å². The van der Waals surface area contributed by atoms with Gasteiger partial charge < -0.3 is 10.6 Å². The van der Waals surface area contributed by atoms with Gasteiger partial charge in [0.1, 0.15) is 0 Å². The van der Waals surface area contributed by atoms with Crippen LogP contribution in [0.25, 0.3) is 0 Å². The second kappa shape index (κ2) is 6.37. The standard InChI is InChI=1S/C12H13Br2ClN2O/c13-9-3-8(15)4-10(14)12(9)17-11(18)6-16-5-7-1-2-7/h3-4,7,16H,1-2,5-6H2,(H,17,18). The Morgan fingerprint density at radius 1 is 1.33 bits per heavy atom. The fourth-order valence-corrected chi connectivity index (χ4v) is 3.42. The van der Waals surface area contributed by atoms with Gasteiger partial charge in [-0.15, -0.1) is 0 Å². The van der Waals surface area contributed by atoms with Gasteiger partial charge in [0, 0.05) is 14.0 Å². The van der Waals surface area contributed by atoms with E-state index >= 15 is 0 Å². The van der Waals surface area contributed by atoms with Crippen LogP contribution in [0.15, 0.2) is 21.1 Å². The summed E-state index contributed by atoms with van der Waals surface area (Å²) in [6.45, 7) is 1.26. The molecular weight excluding hydrogens is 383 g/mol. The summed E-state index contributed by atoms with van der Waals surface area (Å²) in [6, 6.07) is 3.50. The normalized spacial score (nSPS) is 14.6. The summed E-state index contributed by atoms with van der Waals surface area (Å²) < 4.78 is 1.52. The summed E-state index contributed by atoms with van der Waals surface area (Å²) in [5, 5.41) is 6.60. The summed E-state index contributed by atoms with van der Waals surface area (Å²) in [5.74, 6) is 0.714. The Labute approximate surface area is 128 Å². The van der Waals surface area contributed by atoms with Crippen LogP contribution in [-0.2, 0) is 4.79 Å². The Morgan fingerprint density at radius 3 is 2.50 bits per heavy atom. The van der Waals surface area contributed by atoms with E-state index in [9.17, 15) is 4.79 Å². The molecule has 1 aromatic rings. The van der Waals surface area contributed by atoms with E-state index in [4.69, 9.17) is 11.6 Å². The third kappa shape index (κ3) is 4.23. The maximum atomic E-state index is 11.8. The first-order chi connectivity index (χ1) is 8.56. The first-order valence-corrected chi connectivity index (χ1v) is 7.68. The zero-order chi connectivity index (χ0) is 13.1. The average molecular weight is 397 g/mol. The lowest BCUT2D eigenvalue weighted by molar-refractivity contribution is -0.115. The van der Waals surface area contributed by atoms with Crippen molar-refractivity contribution < 1.29 is 4.79 Å². The van der Waals surface area contributed by atoms with Gasteiger partial charge in [-0.3, -0.25) is 4.79 Å². The van der Waals surface area contributed by atoms with Crippen molar-refractivity contribution in [3.05, 3.63) is 26.1 Å². The number of amides is 1. The van der Waals surface area contributed by atoms with E-state index in [1.807, 2.05) is 0 Å². The molecule has 2 N–H and O–H groups in total. The van der Waals surface area contributed by atoms with Crippen LogP contribution in [-0.4, -0.2) is 19.0 Å². The monoisotopic (exact) mass is 394 g/mol. The molecule has 6 heteroatoms. The minimum absolute atomic E-state index is 0.0561. The van der Waals surface area contributed by atoms with Crippen molar-refractivity contribution in [2.45, 2.75) is 12.8 Å². The summed E-state index contributed by atoms with van der Waals surface area (Å²) in [7, 11) is 0. The first-order valence-electron chi connectivity index (χ1n) is 5.71. The third-order valence-electron chi connectivity index (χ3n) is 2.69. The quantitative estimate of drug-likeness (QED) is 0.795. The Bertz CT molecular complexity index is 440. The number of rotatable bonds is 5.